The van der Waals surface area contributed by atoms with Gasteiger partial charge in [0.2, 0.25) is 0 Å². The average molecular weight is 465 g/mol. The molecule has 0 saturated carbocycles. The lowest BCUT2D eigenvalue weighted by molar-refractivity contribution is 0.0944. The normalized spacial score (nSPS) is 16.2. The summed E-state index contributed by atoms with van der Waals surface area (Å²) in [4.78, 5) is 30.3. The van der Waals surface area contributed by atoms with Gasteiger partial charge in [0.05, 0.1) is 5.69 Å². The molecule has 33 heavy (non-hydrogen) atoms. The minimum absolute atomic E-state index is 0.372. The van der Waals surface area contributed by atoms with Gasteiger partial charge in [-0.15, -0.1) is 11.3 Å². The highest BCUT2D eigenvalue weighted by Gasteiger charge is 2.24. The highest BCUT2D eigenvalue weighted by molar-refractivity contribution is 7.13. The summed E-state index contributed by atoms with van der Waals surface area (Å²) in [5, 5.41) is 12.5. The Morgan fingerprint density at radius 2 is 1.82 bits per heavy atom. The van der Waals surface area contributed by atoms with Crippen molar-refractivity contribution in [1.82, 2.24) is 15.2 Å². The number of nitrogens with one attached hydrogen (secondary N) is 1. The fourth-order valence-corrected chi connectivity index (χ4v) is 4.74. The zero-order chi connectivity index (χ0) is 23.4. The number of hydrogen-bond donors (Lipinski definition) is 2. The molecule has 1 aromatic heterocycles. The standard InChI is InChI=1S/C25H28N4O3S/c1-27(2)22-13-14-28(17-22)16-18-5-7-20(8-6-18)24(30)26-29(25(31)32)21-11-9-19(10-12-21)23-4-3-15-33-23/h3-12,15,22H,13-14,16-17H2,1-2H3,(H,26,30)(H,31,32). The molecule has 172 valence electrons. The van der Waals surface area contributed by atoms with Crippen molar-refractivity contribution < 1.29 is 14.7 Å². The topological polar surface area (TPSA) is 76.1 Å². The Morgan fingerprint density at radius 1 is 1.09 bits per heavy atom. The third-order valence-corrected chi connectivity index (χ3v) is 6.85. The largest absolute Gasteiger partial charge is 0.463 e. The zero-order valence-corrected chi connectivity index (χ0v) is 19.6. The molecular formula is C25H28N4O3S. The van der Waals surface area contributed by atoms with Gasteiger partial charge >= 0.3 is 6.09 Å². The lowest BCUT2D eigenvalue weighted by Gasteiger charge is -2.21. The predicted octanol–water partition coefficient (Wildman–Crippen LogP) is 4.38. The number of carbonyl (C=O) groups is 2. The molecule has 2 amide bonds. The summed E-state index contributed by atoms with van der Waals surface area (Å²) in [6.07, 6.45) is -0.0966. The monoisotopic (exact) mass is 464 g/mol. The SMILES string of the molecule is CN(C)C1CCN(Cc2ccc(C(=O)NN(C(=O)O)c3ccc(-c4cccs4)cc3)cc2)C1. The number of anilines is 1. The maximum Gasteiger partial charge on any atom is 0.431 e. The molecule has 2 N–H and O–H groups in total. The van der Waals surface area contributed by atoms with Crippen LogP contribution >= 0.6 is 11.3 Å². The summed E-state index contributed by atoms with van der Waals surface area (Å²) in [7, 11) is 4.22. The van der Waals surface area contributed by atoms with E-state index in [2.05, 4.69) is 29.3 Å². The first-order valence-electron chi connectivity index (χ1n) is 10.9. The van der Waals surface area contributed by atoms with E-state index in [9.17, 15) is 14.7 Å². The number of carboxylic acid groups (broad SMARTS) is 1. The van der Waals surface area contributed by atoms with Crippen LogP contribution < -0.4 is 10.4 Å². The molecule has 1 fully saturated rings. The van der Waals surface area contributed by atoms with Crippen LogP contribution in [0.25, 0.3) is 10.4 Å². The summed E-state index contributed by atoms with van der Waals surface area (Å²) < 4.78 is 0. The number of amides is 2. The van der Waals surface area contributed by atoms with Crippen LogP contribution in [0, 0.1) is 0 Å². The second-order valence-corrected chi connectivity index (χ2v) is 9.37. The smallest absolute Gasteiger partial charge is 0.431 e. The van der Waals surface area contributed by atoms with Crippen molar-refractivity contribution in [1.29, 1.82) is 0 Å². The zero-order valence-electron chi connectivity index (χ0n) is 18.8. The maximum absolute atomic E-state index is 12.7. The molecule has 4 rings (SSSR count). The molecule has 3 aromatic rings. The lowest BCUT2D eigenvalue weighted by Crippen LogP contribution is -2.45. The van der Waals surface area contributed by atoms with Gasteiger partial charge in [-0.3, -0.25) is 15.1 Å². The molecular weight excluding hydrogens is 436 g/mol. The molecule has 1 unspecified atom stereocenters. The fourth-order valence-electron chi connectivity index (χ4n) is 4.00. The summed E-state index contributed by atoms with van der Waals surface area (Å²) >= 11 is 1.61. The minimum atomic E-state index is -1.26. The number of nitrogens with zero attached hydrogens (tertiary/aromatic N) is 3. The Hall–Kier alpha value is -3.20. The average Bonchev–Trinajstić information content (AvgIpc) is 3.50. The van der Waals surface area contributed by atoms with E-state index >= 15 is 0 Å². The Balaban J connectivity index is 1.39. The summed E-state index contributed by atoms with van der Waals surface area (Å²) in [5.41, 5.74) is 5.40. The van der Waals surface area contributed by atoms with Crippen LogP contribution in [-0.4, -0.2) is 60.1 Å². The Morgan fingerprint density at radius 3 is 2.39 bits per heavy atom. The Kier molecular flexibility index (Phi) is 7.08. The van der Waals surface area contributed by atoms with Crippen LogP contribution in [0.15, 0.2) is 66.0 Å². The molecule has 2 aromatic carbocycles. The Labute approximate surface area is 197 Å². The van der Waals surface area contributed by atoms with Gasteiger partial charge in [-0.1, -0.05) is 30.3 Å². The summed E-state index contributed by atoms with van der Waals surface area (Å²) in [6, 6.07) is 18.9. The molecule has 1 aliphatic heterocycles. The van der Waals surface area contributed by atoms with Gasteiger partial charge in [-0.25, -0.2) is 4.79 Å². The van der Waals surface area contributed by atoms with E-state index < -0.39 is 12.0 Å². The number of hydrogen-bond acceptors (Lipinski definition) is 5. The van der Waals surface area contributed by atoms with E-state index in [0.717, 1.165) is 47.1 Å². The predicted molar refractivity (Wildman–Crippen MR) is 132 cm³/mol. The quantitative estimate of drug-likeness (QED) is 0.530. The molecule has 1 aliphatic rings. The minimum Gasteiger partial charge on any atom is -0.463 e. The second-order valence-electron chi connectivity index (χ2n) is 8.42. The number of thiophene rings is 1. The molecule has 1 saturated heterocycles. The van der Waals surface area contributed by atoms with E-state index in [-0.39, 0.29) is 0 Å². The molecule has 1 atom stereocenters. The van der Waals surface area contributed by atoms with Crippen LogP contribution in [-0.2, 0) is 6.54 Å². The highest BCUT2D eigenvalue weighted by Crippen LogP contribution is 2.26. The fraction of sp³-hybridized carbons (Fsp3) is 0.280. The molecule has 7 nitrogen and oxygen atoms in total. The van der Waals surface area contributed by atoms with Gasteiger partial charge in [0.1, 0.15) is 0 Å². The van der Waals surface area contributed by atoms with Crippen LogP contribution in [0.4, 0.5) is 10.5 Å². The van der Waals surface area contributed by atoms with Gasteiger partial charge in [-0.05, 0) is 67.4 Å². The summed E-state index contributed by atoms with van der Waals surface area (Å²) in [6.45, 7) is 2.93. The van der Waals surface area contributed by atoms with E-state index in [1.807, 2.05) is 41.8 Å². The van der Waals surface area contributed by atoms with Crippen LogP contribution in [0.2, 0.25) is 0 Å². The van der Waals surface area contributed by atoms with Gasteiger partial charge in [-0.2, -0.15) is 5.01 Å². The van der Waals surface area contributed by atoms with Gasteiger partial charge in [0.25, 0.3) is 5.91 Å². The molecule has 0 bridgehead atoms. The van der Waals surface area contributed by atoms with Gasteiger partial charge in [0.15, 0.2) is 0 Å². The third-order valence-electron chi connectivity index (χ3n) is 5.94. The number of carbonyl (C=O) groups excluding carboxylic acids is 1. The van der Waals surface area contributed by atoms with E-state index in [0.29, 0.717) is 17.3 Å². The van der Waals surface area contributed by atoms with Crippen molar-refractivity contribution >= 4 is 29.0 Å². The van der Waals surface area contributed by atoms with E-state index in [4.69, 9.17) is 0 Å². The van der Waals surface area contributed by atoms with Gasteiger partial charge in [0, 0.05) is 36.1 Å². The van der Waals surface area contributed by atoms with E-state index in [1.54, 1.807) is 35.6 Å². The number of likely N-dealkylation sites (N-methyl/N-ethyl adjacent to an activating group) is 1. The van der Waals surface area contributed by atoms with Crippen LogP contribution in [0.5, 0.6) is 0 Å². The van der Waals surface area contributed by atoms with Crippen LogP contribution in [0.3, 0.4) is 0 Å². The number of hydrazine groups is 1. The number of likely N-dealkylation sites (tertiary alicyclic amines) is 1. The number of benzene rings is 2. The first kappa shape index (κ1) is 23.0. The third kappa shape index (κ3) is 5.60. The first-order chi connectivity index (χ1) is 15.9. The molecule has 0 radical (unpaired) electrons. The first-order valence-corrected chi connectivity index (χ1v) is 11.7. The van der Waals surface area contributed by atoms with Gasteiger partial charge < -0.3 is 10.0 Å². The van der Waals surface area contributed by atoms with Crippen molar-refractivity contribution in [2.24, 2.45) is 0 Å². The summed E-state index contributed by atoms with van der Waals surface area (Å²) in [5.74, 6) is -0.472. The number of rotatable bonds is 6. The van der Waals surface area contributed by atoms with Crippen molar-refractivity contribution in [2.75, 3.05) is 32.2 Å². The van der Waals surface area contributed by atoms with Crippen molar-refractivity contribution in [2.45, 2.75) is 19.0 Å². The lowest BCUT2D eigenvalue weighted by atomic mass is 10.1. The highest BCUT2D eigenvalue weighted by atomic mass is 32.1. The second kappa shape index (κ2) is 10.2. The van der Waals surface area contributed by atoms with Crippen molar-refractivity contribution in [3.8, 4) is 10.4 Å². The molecule has 0 aliphatic carbocycles. The Bertz CT molecular complexity index is 1080. The van der Waals surface area contributed by atoms with Crippen molar-refractivity contribution in [3.63, 3.8) is 0 Å². The molecule has 2 heterocycles. The molecule has 8 heteroatoms. The van der Waals surface area contributed by atoms with Crippen LogP contribution in [0.1, 0.15) is 22.3 Å². The van der Waals surface area contributed by atoms with E-state index in [1.165, 1.54) is 0 Å². The molecule has 0 spiro atoms. The van der Waals surface area contributed by atoms with Crippen molar-refractivity contribution in [3.05, 3.63) is 77.2 Å². The maximum atomic E-state index is 12.7.